The lowest BCUT2D eigenvalue weighted by Gasteiger charge is -2.02. The zero-order valence-electron chi connectivity index (χ0n) is 11.5. The lowest BCUT2D eigenvalue weighted by atomic mass is 10.3. The Kier molecular flexibility index (Phi) is 2.82. The number of nitrogens with zero attached hydrogens (tertiary/aromatic N) is 3. The summed E-state index contributed by atoms with van der Waals surface area (Å²) in [6.45, 7) is 0.291. The molecule has 3 N–H and O–H groups in total. The van der Waals surface area contributed by atoms with Gasteiger partial charge in [0.15, 0.2) is 5.65 Å². The Morgan fingerprint density at radius 2 is 2.14 bits per heavy atom. The summed E-state index contributed by atoms with van der Waals surface area (Å²) in [4.78, 5) is 31.0. The number of rotatable bonds is 3. The van der Waals surface area contributed by atoms with Crippen LogP contribution in [0.3, 0.4) is 0 Å². The molecule has 4 aromatic rings. The summed E-state index contributed by atoms with van der Waals surface area (Å²) in [5.74, 6) is 0.410. The fourth-order valence-corrected chi connectivity index (χ4v) is 2.29. The van der Waals surface area contributed by atoms with Crippen molar-refractivity contribution in [1.82, 2.24) is 30.2 Å². The Morgan fingerprint density at radius 1 is 1.18 bits per heavy atom. The Bertz CT molecular complexity index is 937. The monoisotopic (exact) mass is 292 g/mol. The van der Waals surface area contributed by atoms with Crippen molar-refractivity contribution >= 4 is 28.1 Å². The Hall–Kier alpha value is -3.22. The highest BCUT2D eigenvalue weighted by atomic mass is 16.1. The molecule has 0 saturated heterocycles. The normalized spacial score (nSPS) is 11.1. The van der Waals surface area contributed by atoms with Gasteiger partial charge < -0.3 is 15.3 Å². The third kappa shape index (κ3) is 2.18. The molecule has 0 spiro atoms. The van der Waals surface area contributed by atoms with Crippen LogP contribution in [0.1, 0.15) is 16.3 Å². The van der Waals surface area contributed by atoms with Gasteiger partial charge in [0.1, 0.15) is 17.2 Å². The van der Waals surface area contributed by atoms with Crippen LogP contribution in [0.4, 0.5) is 0 Å². The fourth-order valence-electron chi connectivity index (χ4n) is 2.29. The molecule has 108 valence electrons. The summed E-state index contributed by atoms with van der Waals surface area (Å²) in [6, 6.07) is 9.19. The second-order valence-corrected chi connectivity index (χ2v) is 4.85. The van der Waals surface area contributed by atoms with Crippen molar-refractivity contribution in [1.29, 1.82) is 0 Å². The second-order valence-electron chi connectivity index (χ2n) is 4.85. The van der Waals surface area contributed by atoms with Crippen LogP contribution in [-0.2, 0) is 6.54 Å². The van der Waals surface area contributed by atoms with E-state index in [1.54, 1.807) is 18.5 Å². The first-order valence-electron chi connectivity index (χ1n) is 6.81. The summed E-state index contributed by atoms with van der Waals surface area (Å²) < 4.78 is 0. The number of fused-ring (bicyclic) bond motifs is 2. The minimum absolute atomic E-state index is 0.245. The molecule has 0 atom stereocenters. The maximum Gasteiger partial charge on any atom is 0.270 e. The predicted octanol–water partition coefficient (Wildman–Crippen LogP) is 1.76. The third-order valence-corrected chi connectivity index (χ3v) is 3.36. The molecule has 4 aromatic heterocycles. The molecule has 0 aliphatic rings. The van der Waals surface area contributed by atoms with Gasteiger partial charge in [0.25, 0.3) is 5.91 Å². The van der Waals surface area contributed by atoms with Crippen molar-refractivity contribution in [2.75, 3.05) is 0 Å². The van der Waals surface area contributed by atoms with E-state index in [4.69, 9.17) is 0 Å². The van der Waals surface area contributed by atoms with E-state index >= 15 is 0 Å². The van der Waals surface area contributed by atoms with Crippen molar-refractivity contribution in [3.05, 3.63) is 54.2 Å². The minimum Gasteiger partial charge on any atom is -0.346 e. The number of carbonyl (C=O) groups is 1. The minimum atomic E-state index is -0.245. The predicted molar refractivity (Wildman–Crippen MR) is 81.2 cm³/mol. The molecule has 1 amide bonds. The van der Waals surface area contributed by atoms with Crippen molar-refractivity contribution in [3.8, 4) is 0 Å². The van der Waals surface area contributed by atoms with Crippen molar-refractivity contribution < 1.29 is 4.79 Å². The number of pyridine rings is 2. The fraction of sp³-hybridized carbons (Fsp3) is 0.0667. The van der Waals surface area contributed by atoms with Gasteiger partial charge >= 0.3 is 0 Å². The molecule has 7 nitrogen and oxygen atoms in total. The first-order chi connectivity index (χ1) is 10.8. The first kappa shape index (κ1) is 12.5. The van der Waals surface area contributed by atoms with E-state index in [-0.39, 0.29) is 5.91 Å². The van der Waals surface area contributed by atoms with Crippen LogP contribution in [0.25, 0.3) is 22.2 Å². The van der Waals surface area contributed by atoms with Crippen LogP contribution in [0.15, 0.2) is 42.7 Å². The largest absolute Gasteiger partial charge is 0.346 e. The molecule has 0 aromatic carbocycles. The maximum atomic E-state index is 12.2. The molecule has 4 rings (SSSR count). The lowest BCUT2D eigenvalue weighted by molar-refractivity contribution is 0.0945. The molecular weight excluding hydrogens is 280 g/mol. The van der Waals surface area contributed by atoms with Gasteiger partial charge in [-0.2, -0.15) is 0 Å². The Balaban J connectivity index is 1.51. The Labute approximate surface area is 124 Å². The molecule has 0 aliphatic carbocycles. The Morgan fingerprint density at radius 3 is 3.05 bits per heavy atom. The average Bonchev–Trinajstić information content (AvgIpc) is 3.17. The summed E-state index contributed by atoms with van der Waals surface area (Å²) in [5, 5.41) is 3.77. The van der Waals surface area contributed by atoms with E-state index in [1.165, 1.54) is 0 Å². The number of nitrogens with one attached hydrogen (secondary N) is 3. The van der Waals surface area contributed by atoms with Gasteiger partial charge in [-0.05, 0) is 30.3 Å². The molecule has 0 saturated carbocycles. The van der Waals surface area contributed by atoms with Gasteiger partial charge in [0.05, 0.1) is 12.1 Å². The highest BCUT2D eigenvalue weighted by Gasteiger charge is 2.10. The van der Waals surface area contributed by atoms with E-state index in [2.05, 4.69) is 30.2 Å². The van der Waals surface area contributed by atoms with E-state index in [0.29, 0.717) is 29.4 Å². The molecule has 0 bridgehead atoms. The molecule has 22 heavy (non-hydrogen) atoms. The smallest absolute Gasteiger partial charge is 0.270 e. The number of H-pyrrole nitrogens is 2. The number of carbonyl (C=O) groups excluding carboxylic acids is 1. The molecule has 0 aliphatic heterocycles. The zero-order valence-corrected chi connectivity index (χ0v) is 11.5. The highest BCUT2D eigenvalue weighted by Crippen LogP contribution is 2.10. The van der Waals surface area contributed by atoms with E-state index < -0.39 is 0 Å². The van der Waals surface area contributed by atoms with E-state index in [0.717, 1.165) is 10.9 Å². The van der Waals surface area contributed by atoms with Crippen LogP contribution in [0.2, 0.25) is 0 Å². The molecule has 0 fully saturated rings. The number of hydrogen-bond donors (Lipinski definition) is 3. The molecule has 7 heteroatoms. The summed E-state index contributed by atoms with van der Waals surface area (Å²) in [7, 11) is 0. The molecule has 4 heterocycles. The molecular formula is C15H12N6O. The highest BCUT2D eigenvalue weighted by molar-refractivity contribution is 5.94. The van der Waals surface area contributed by atoms with Gasteiger partial charge in [-0.15, -0.1) is 0 Å². The number of imidazole rings is 1. The third-order valence-electron chi connectivity index (χ3n) is 3.36. The zero-order chi connectivity index (χ0) is 14.9. The average molecular weight is 292 g/mol. The van der Waals surface area contributed by atoms with Crippen LogP contribution in [-0.4, -0.2) is 30.8 Å². The van der Waals surface area contributed by atoms with E-state index in [9.17, 15) is 4.79 Å². The van der Waals surface area contributed by atoms with Crippen LogP contribution < -0.4 is 5.32 Å². The van der Waals surface area contributed by atoms with E-state index in [1.807, 2.05) is 24.3 Å². The quantitative estimate of drug-likeness (QED) is 0.535. The van der Waals surface area contributed by atoms with Crippen LogP contribution >= 0.6 is 0 Å². The first-order valence-corrected chi connectivity index (χ1v) is 6.81. The second kappa shape index (κ2) is 4.96. The van der Waals surface area contributed by atoms with Gasteiger partial charge in [-0.1, -0.05) is 0 Å². The number of amides is 1. The SMILES string of the molecule is O=C(NCc1nc2ncccc2[nH]1)c1ccc2cc[nH]c2n1. The van der Waals surface area contributed by atoms with Gasteiger partial charge in [-0.3, -0.25) is 4.79 Å². The van der Waals surface area contributed by atoms with Crippen molar-refractivity contribution in [2.24, 2.45) is 0 Å². The summed E-state index contributed by atoms with van der Waals surface area (Å²) >= 11 is 0. The molecule has 0 unspecified atom stereocenters. The number of aromatic amines is 2. The lowest BCUT2D eigenvalue weighted by Crippen LogP contribution is -2.24. The van der Waals surface area contributed by atoms with Gasteiger partial charge in [0, 0.05) is 17.8 Å². The number of aromatic nitrogens is 5. The molecule has 0 radical (unpaired) electrons. The summed E-state index contributed by atoms with van der Waals surface area (Å²) in [6.07, 6.45) is 3.47. The maximum absolute atomic E-state index is 12.2. The van der Waals surface area contributed by atoms with Crippen molar-refractivity contribution in [2.45, 2.75) is 6.54 Å². The van der Waals surface area contributed by atoms with Crippen LogP contribution in [0.5, 0.6) is 0 Å². The summed E-state index contributed by atoms with van der Waals surface area (Å²) in [5.41, 5.74) is 2.54. The van der Waals surface area contributed by atoms with Crippen molar-refractivity contribution in [3.63, 3.8) is 0 Å². The van der Waals surface area contributed by atoms with Crippen LogP contribution in [0, 0.1) is 0 Å². The topological polar surface area (TPSA) is 99.4 Å². The number of hydrogen-bond acceptors (Lipinski definition) is 4. The standard InChI is InChI=1S/C15H12N6O/c22-15(11-4-3-9-5-7-17-13(9)20-11)18-8-12-19-10-2-1-6-16-14(10)21-12/h1-7H,8H2,(H,17,20)(H,18,22)(H,16,19,21). The van der Waals surface area contributed by atoms with Gasteiger partial charge in [0.2, 0.25) is 0 Å². The van der Waals surface area contributed by atoms with Gasteiger partial charge in [-0.25, -0.2) is 15.0 Å².